The van der Waals surface area contributed by atoms with E-state index in [1.807, 2.05) is 36.4 Å². The Balaban J connectivity index is 1.55. The van der Waals surface area contributed by atoms with Gasteiger partial charge in [0.05, 0.1) is 11.8 Å². The van der Waals surface area contributed by atoms with Crippen LogP contribution in [0.2, 0.25) is 0 Å². The fraction of sp³-hybridized carbons (Fsp3) is 0.375. The fourth-order valence-corrected chi connectivity index (χ4v) is 3.75. The predicted octanol–water partition coefficient (Wildman–Crippen LogP) is 3.53. The summed E-state index contributed by atoms with van der Waals surface area (Å²) in [5, 5.41) is 14.1. The molecule has 0 aromatic heterocycles. The number of fused-ring (bicyclic) bond motifs is 3. The van der Waals surface area contributed by atoms with Crippen molar-refractivity contribution in [1.82, 2.24) is 10.6 Å². The van der Waals surface area contributed by atoms with Crippen molar-refractivity contribution in [1.29, 1.82) is 0 Å². The van der Waals surface area contributed by atoms with E-state index in [2.05, 4.69) is 22.8 Å². The molecule has 1 aliphatic carbocycles. The molecule has 0 saturated heterocycles. The number of hydrogen-bond donors (Lipinski definition) is 3. The molecule has 2 aromatic rings. The SMILES string of the molecule is CC(CC(=O)O)NC(=O)C(C)(C)CNC(=O)OCC1c2ccccc2-c2ccccc21. The molecule has 7 nitrogen and oxygen atoms in total. The Hall–Kier alpha value is -3.35. The molecule has 31 heavy (non-hydrogen) atoms. The molecule has 0 spiro atoms. The number of carboxylic acid groups (broad SMARTS) is 1. The third kappa shape index (κ3) is 5.23. The average Bonchev–Trinajstić information content (AvgIpc) is 3.04. The second-order valence-corrected chi connectivity index (χ2v) is 8.54. The predicted molar refractivity (Wildman–Crippen MR) is 117 cm³/mol. The van der Waals surface area contributed by atoms with Gasteiger partial charge >= 0.3 is 12.1 Å². The van der Waals surface area contributed by atoms with Crippen molar-refractivity contribution in [3.63, 3.8) is 0 Å². The second-order valence-electron chi connectivity index (χ2n) is 8.54. The van der Waals surface area contributed by atoms with E-state index in [1.165, 1.54) is 0 Å². The third-order valence-corrected chi connectivity index (χ3v) is 5.49. The summed E-state index contributed by atoms with van der Waals surface area (Å²) in [7, 11) is 0. The van der Waals surface area contributed by atoms with Gasteiger partial charge in [-0.1, -0.05) is 48.5 Å². The fourth-order valence-electron chi connectivity index (χ4n) is 3.75. The van der Waals surface area contributed by atoms with Crippen LogP contribution in [0.5, 0.6) is 0 Å². The van der Waals surface area contributed by atoms with E-state index in [9.17, 15) is 14.4 Å². The summed E-state index contributed by atoms with van der Waals surface area (Å²) in [4.78, 5) is 35.5. The normalized spacial score (nSPS) is 13.6. The lowest BCUT2D eigenvalue weighted by Crippen LogP contribution is -2.48. The Kier molecular flexibility index (Phi) is 6.63. The number of amides is 2. The minimum Gasteiger partial charge on any atom is -0.481 e. The highest BCUT2D eigenvalue weighted by Gasteiger charge is 2.31. The number of aliphatic carboxylic acids is 1. The number of ether oxygens (including phenoxy) is 1. The van der Waals surface area contributed by atoms with Crippen LogP contribution in [0.15, 0.2) is 48.5 Å². The number of nitrogens with one attached hydrogen (secondary N) is 2. The third-order valence-electron chi connectivity index (χ3n) is 5.49. The van der Waals surface area contributed by atoms with Crippen molar-refractivity contribution in [3.05, 3.63) is 59.7 Å². The van der Waals surface area contributed by atoms with Crippen molar-refractivity contribution in [2.24, 2.45) is 5.41 Å². The van der Waals surface area contributed by atoms with Crippen LogP contribution in [-0.2, 0) is 14.3 Å². The Morgan fingerprint density at radius 1 is 1.03 bits per heavy atom. The van der Waals surface area contributed by atoms with Crippen molar-refractivity contribution in [2.75, 3.05) is 13.2 Å². The first-order valence-electron chi connectivity index (χ1n) is 10.3. The van der Waals surface area contributed by atoms with Gasteiger partial charge in [-0.15, -0.1) is 0 Å². The maximum atomic E-state index is 12.4. The van der Waals surface area contributed by atoms with E-state index in [-0.39, 0.29) is 31.4 Å². The number of alkyl carbamates (subject to hydrolysis) is 1. The summed E-state index contributed by atoms with van der Waals surface area (Å²) in [6.45, 7) is 5.25. The maximum absolute atomic E-state index is 12.4. The zero-order valence-corrected chi connectivity index (χ0v) is 18.0. The summed E-state index contributed by atoms with van der Waals surface area (Å²) < 4.78 is 5.49. The van der Waals surface area contributed by atoms with Gasteiger partial charge in [-0.3, -0.25) is 9.59 Å². The van der Waals surface area contributed by atoms with Gasteiger partial charge < -0.3 is 20.5 Å². The maximum Gasteiger partial charge on any atom is 0.407 e. The lowest BCUT2D eigenvalue weighted by Gasteiger charge is -2.26. The molecule has 3 N–H and O–H groups in total. The molecule has 1 aliphatic rings. The molecule has 0 fully saturated rings. The first-order chi connectivity index (χ1) is 14.7. The molecule has 7 heteroatoms. The van der Waals surface area contributed by atoms with Crippen molar-refractivity contribution < 1.29 is 24.2 Å². The van der Waals surface area contributed by atoms with E-state index in [0.717, 1.165) is 22.3 Å². The van der Waals surface area contributed by atoms with Gasteiger partial charge in [-0.25, -0.2) is 4.79 Å². The van der Waals surface area contributed by atoms with Gasteiger partial charge in [-0.05, 0) is 43.0 Å². The minimum absolute atomic E-state index is 0.0358. The molecule has 1 unspecified atom stereocenters. The van der Waals surface area contributed by atoms with Gasteiger partial charge in [0.25, 0.3) is 0 Å². The monoisotopic (exact) mass is 424 g/mol. The van der Waals surface area contributed by atoms with Crippen LogP contribution < -0.4 is 10.6 Å². The van der Waals surface area contributed by atoms with Crippen LogP contribution in [0, 0.1) is 5.41 Å². The average molecular weight is 424 g/mol. The van der Waals surface area contributed by atoms with Gasteiger partial charge in [0.15, 0.2) is 0 Å². The zero-order valence-electron chi connectivity index (χ0n) is 18.0. The van der Waals surface area contributed by atoms with Crippen LogP contribution in [0.1, 0.15) is 44.2 Å². The molecular weight excluding hydrogens is 396 g/mol. The van der Waals surface area contributed by atoms with Crippen LogP contribution in [-0.4, -0.2) is 42.3 Å². The van der Waals surface area contributed by atoms with Crippen molar-refractivity contribution >= 4 is 18.0 Å². The highest BCUT2D eigenvalue weighted by molar-refractivity contribution is 5.83. The number of carboxylic acids is 1. The van der Waals surface area contributed by atoms with E-state index in [4.69, 9.17) is 9.84 Å². The van der Waals surface area contributed by atoms with Crippen LogP contribution in [0.3, 0.4) is 0 Å². The van der Waals surface area contributed by atoms with Gasteiger partial charge in [0.1, 0.15) is 6.61 Å². The number of carbonyl (C=O) groups excluding carboxylic acids is 2. The lowest BCUT2D eigenvalue weighted by atomic mass is 9.92. The number of rotatable bonds is 8. The Bertz CT molecular complexity index is 940. The lowest BCUT2D eigenvalue weighted by molar-refractivity contribution is -0.138. The molecule has 0 aliphatic heterocycles. The second kappa shape index (κ2) is 9.20. The molecule has 0 radical (unpaired) electrons. The topological polar surface area (TPSA) is 105 Å². The van der Waals surface area contributed by atoms with E-state index < -0.39 is 23.5 Å². The molecular formula is C24H28N2O5. The number of carbonyl (C=O) groups is 3. The van der Waals surface area contributed by atoms with Crippen LogP contribution >= 0.6 is 0 Å². The molecule has 3 rings (SSSR count). The van der Waals surface area contributed by atoms with E-state index in [1.54, 1.807) is 20.8 Å². The highest BCUT2D eigenvalue weighted by atomic mass is 16.5. The summed E-state index contributed by atoms with van der Waals surface area (Å²) >= 11 is 0. The molecule has 0 saturated carbocycles. The Labute approximate surface area is 181 Å². The Morgan fingerprint density at radius 2 is 1.58 bits per heavy atom. The molecule has 164 valence electrons. The molecule has 2 aromatic carbocycles. The number of hydrogen-bond acceptors (Lipinski definition) is 4. The standard InChI is InChI=1S/C24H28N2O5/c1-15(12-21(27)28)26-22(29)24(2,3)14-25-23(30)31-13-20-18-10-6-4-8-16(18)17-9-5-7-11-19(17)20/h4-11,15,20H,12-14H2,1-3H3,(H,25,30)(H,26,29)(H,27,28). The van der Waals surface area contributed by atoms with Gasteiger partial charge in [0, 0.05) is 18.5 Å². The van der Waals surface area contributed by atoms with Crippen LogP contribution in [0.4, 0.5) is 4.79 Å². The molecule has 0 bridgehead atoms. The van der Waals surface area contributed by atoms with Crippen molar-refractivity contribution in [3.8, 4) is 11.1 Å². The first-order valence-corrected chi connectivity index (χ1v) is 10.3. The summed E-state index contributed by atoms with van der Waals surface area (Å²) in [5.74, 6) is -1.35. The molecule has 1 atom stereocenters. The van der Waals surface area contributed by atoms with E-state index in [0.29, 0.717) is 0 Å². The number of benzene rings is 2. The van der Waals surface area contributed by atoms with Crippen LogP contribution in [0.25, 0.3) is 11.1 Å². The van der Waals surface area contributed by atoms with Gasteiger partial charge in [0.2, 0.25) is 5.91 Å². The molecule has 0 heterocycles. The van der Waals surface area contributed by atoms with E-state index >= 15 is 0 Å². The first kappa shape index (κ1) is 22.3. The zero-order chi connectivity index (χ0) is 22.6. The van der Waals surface area contributed by atoms with Crippen molar-refractivity contribution in [2.45, 2.75) is 39.2 Å². The molecule has 2 amide bonds. The smallest absolute Gasteiger partial charge is 0.407 e. The summed E-state index contributed by atoms with van der Waals surface area (Å²) in [5.41, 5.74) is 3.64. The largest absolute Gasteiger partial charge is 0.481 e. The highest BCUT2D eigenvalue weighted by Crippen LogP contribution is 2.44. The minimum atomic E-state index is -0.984. The summed E-state index contributed by atoms with van der Waals surface area (Å²) in [6.07, 6.45) is -0.761. The summed E-state index contributed by atoms with van der Waals surface area (Å²) in [6, 6.07) is 15.7. The van der Waals surface area contributed by atoms with Gasteiger partial charge in [-0.2, -0.15) is 0 Å². The Morgan fingerprint density at radius 3 is 2.13 bits per heavy atom. The quantitative estimate of drug-likeness (QED) is 0.601.